The predicted octanol–water partition coefficient (Wildman–Crippen LogP) is 6.10. The maximum absolute atomic E-state index is 15.2. The van der Waals surface area contributed by atoms with Gasteiger partial charge in [-0.3, -0.25) is 20.0 Å². The molecule has 0 bridgehead atoms. The van der Waals surface area contributed by atoms with Gasteiger partial charge in [0.05, 0.1) is 11.0 Å². The molecule has 9 heteroatoms. The van der Waals surface area contributed by atoms with Gasteiger partial charge in [0.1, 0.15) is 28.5 Å². The van der Waals surface area contributed by atoms with E-state index < -0.39 is 0 Å². The molecule has 0 unspecified atom stereocenters. The van der Waals surface area contributed by atoms with Crippen molar-refractivity contribution in [1.82, 2.24) is 35.0 Å². The van der Waals surface area contributed by atoms with Crippen LogP contribution in [0, 0.1) is 11.6 Å². The second-order valence-corrected chi connectivity index (χ2v) is 9.64. The number of aromatic amines is 2. The molecule has 7 rings (SSSR count). The Kier molecular flexibility index (Phi) is 5.44. The minimum atomic E-state index is -0.372. The molecule has 188 valence electrons. The molecule has 2 N–H and O–H groups in total. The summed E-state index contributed by atoms with van der Waals surface area (Å²) in [6.45, 7) is 2.96. The number of fused-ring (bicyclic) bond motifs is 2. The molecule has 6 aromatic rings. The third-order valence-corrected chi connectivity index (χ3v) is 7.12. The summed E-state index contributed by atoms with van der Waals surface area (Å²) in [6, 6.07) is 13.5. The second kappa shape index (κ2) is 9.11. The molecule has 0 aliphatic carbocycles. The number of pyridine rings is 2. The first-order valence-electron chi connectivity index (χ1n) is 12.6. The summed E-state index contributed by atoms with van der Waals surface area (Å²) in [7, 11) is 0. The van der Waals surface area contributed by atoms with E-state index in [2.05, 4.69) is 30.0 Å². The fraction of sp³-hybridized carbons (Fsp3) is 0.172. The monoisotopic (exact) mass is 507 g/mol. The Morgan fingerprint density at radius 1 is 0.868 bits per heavy atom. The fourth-order valence-corrected chi connectivity index (χ4v) is 5.26. The average molecular weight is 508 g/mol. The van der Waals surface area contributed by atoms with Gasteiger partial charge in [0.15, 0.2) is 5.82 Å². The summed E-state index contributed by atoms with van der Waals surface area (Å²) in [5, 5.41) is 8.07. The SMILES string of the molecule is Fc1cc2[nH]nc(-c3nc4c(-c5ccccc5F)nccc4[nH]3)c2cc1-c1cncc(CN2CCCC2)c1. The number of hydrogen-bond acceptors (Lipinski definition) is 5. The number of nitrogens with one attached hydrogen (secondary N) is 2. The van der Waals surface area contributed by atoms with Crippen molar-refractivity contribution in [2.75, 3.05) is 13.1 Å². The third kappa shape index (κ3) is 3.92. The normalized spacial score (nSPS) is 14.2. The Hall–Kier alpha value is -4.50. The van der Waals surface area contributed by atoms with Crippen LogP contribution in [-0.2, 0) is 6.54 Å². The number of halogens is 2. The van der Waals surface area contributed by atoms with Crippen molar-refractivity contribution >= 4 is 21.9 Å². The molecule has 0 atom stereocenters. The molecular formula is C29H23F2N7. The lowest BCUT2D eigenvalue weighted by Crippen LogP contribution is -2.18. The first-order valence-corrected chi connectivity index (χ1v) is 12.6. The number of likely N-dealkylation sites (tertiary alicyclic amines) is 1. The Labute approximate surface area is 216 Å². The van der Waals surface area contributed by atoms with Crippen molar-refractivity contribution in [3.05, 3.63) is 84.3 Å². The smallest absolute Gasteiger partial charge is 0.159 e. The topological polar surface area (TPSA) is 86.4 Å². The number of benzene rings is 2. The quantitative estimate of drug-likeness (QED) is 0.294. The molecule has 0 saturated carbocycles. The van der Waals surface area contributed by atoms with E-state index in [0.29, 0.717) is 55.8 Å². The van der Waals surface area contributed by atoms with E-state index in [0.717, 1.165) is 25.2 Å². The van der Waals surface area contributed by atoms with E-state index in [-0.39, 0.29) is 11.6 Å². The van der Waals surface area contributed by atoms with Crippen molar-refractivity contribution in [3.8, 4) is 33.9 Å². The predicted molar refractivity (Wildman–Crippen MR) is 142 cm³/mol. The lowest BCUT2D eigenvalue weighted by molar-refractivity contribution is 0.331. The molecule has 1 fully saturated rings. The fourth-order valence-electron chi connectivity index (χ4n) is 5.26. The zero-order valence-corrected chi connectivity index (χ0v) is 20.4. The van der Waals surface area contributed by atoms with Gasteiger partial charge in [-0.1, -0.05) is 12.1 Å². The Morgan fingerprint density at radius 2 is 1.74 bits per heavy atom. The summed E-state index contributed by atoms with van der Waals surface area (Å²) in [5.74, 6) is -0.248. The number of H-pyrrole nitrogens is 2. The van der Waals surface area contributed by atoms with Crippen LogP contribution in [0.25, 0.3) is 55.8 Å². The van der Waals surface area contributed by atoms with Crippen LogP contribution >= 0.6 is 0 Å². The largest absolute Gasteiger partial charge is 0.336 e. The van der Waals surface area contributed by atoms with E-state index in [1.165, 1.54) is 25.0 Å². The van der Waals surface area contributed by atoms with Crippen LogP contribution in [0.15, 0.2) is 67.1 Å². The molecular weight excluding hydrogens is 484 g/mol. The van der Waals surface area contributed by atoms with E-state index in [9.17, 15) is 4.39 Å². The molecule has 0 spiro atoms. The first kappa shape index (κ1) is 22.7. The van der Waals surface area contributed by atoms with Gasteiger partial charge in [-0.2, -0.15) is 5.10 Å². The van der Waals surface area contributed by atoms with Crippen LogP contribution in [0.5, 0.6) is 0 Å². The molecule has 1 aliphatic rings. The molecule has 2 aromatic carbocycles. The van der Waals surface area contributed by atoms with Gasteiger partial charge >= 0.3 is 0 Å². The van der Waals surface area contributed by atoms with Gasteiger partial charge in [-0.05, 0) is 61.8 Å². The van der Waals surface area contributed by atoms with Crippen LogP contribution in [0.3, 0.4) is 0 Å². The van der Waals surface area contributed by atoms with Crippen molar-refractivity contribution < 1.29 is 8.78 Å². The van der Waals surface area contributed by atoms with Crippen LogP contribution in [0.4, 0.5) is 8.78 Å². The Balaban J connectivity index is 1.31. The summed E-state index contributed by atoms with van der Waals surface area (Å²) < 4.78 is 29.8. The van der Waals surface area contributed by atoms with Gasteiger partial charge in [-0.15, -0.1) is 0 Å². The van der Waals surface area contributed by atoms with E-state index >= 15 is 4.39 Å². The first-order chi connectivity index (χ1) is 18.6. The molecule has 38 heavy (non-hydrogen) atoms. The maximum Gasteiger partial charge on any atom is 0.159 e. The van der Waals surface area contributed by atoms with E-state index in [4.69, 9.17) is 4.98 Å². The summed E-state index contributed by atoms with van der Waals surface area (Å²) >= 11 is 0. The maximum atomic E-state index is 15.2. The minimum Gasteiger partial charge on any atom is -0.336 e. The van der Waals surface area contributed by atoms with Gasteiger partial charge in [-0.25, -0.2) is 13.8 Å². The van der Waals surface area contributed by atoms with Crippen LogP contribution < -0.4 is 0 Å². The number of rotatable bonds is 5. The van der Waals surface area contributed by atoms with Crippen molar-refractivity contribution in [3.63, 3.8) is 0 Å². The molecule has 1 aliphatic heterocycles. The third-order valence-electron chi connectivity index (χ3n) is 7.12. The average Bonchev–Trinajstić information content (AvgIpc) is 3.68. The van der Waals surface area contributed by atoms with Crippen molar-refractivity contribution in [1.29, 1.82) is 0 Å². The minimum absolute atomic E-state index is 0.358. The zero-order valence-electron chi connectivity index (χ0n) is 20.4. The molecule has 4 aromatic heterocycles. The molecule has 1 saturated heterocycles. The summed E-state index contributed by atoms with van der Waals surface area (Å²) in [4.78, 5) is 19.2. The second-order valence-electron chi connectivity index (χ2n) is 9.64. The number of hydrogen-bond donors (Lipinski definition) is 2. The van der Waals surface area contributed by atoms with Gasteiger partial charge in [0, 0.05) is 53.3 Å². The Morgan fingerprint density at radius 3 is 2.61 bits per heavy atom. The standard InChI is InChI=1S/C29H23F2N7/c30-22-6-2-1-5-19(22)26-28-24(7-8-33-26)34-29(35-28)27-21-12-20(23(31)13-25(21)36-37-27)18-11-17(14-32-15-18)16-38-9-3-4-10-38/h1-2,5-8,11-15H,3-4,9-10,16H2,(H,34,35)(H,36,37). The van der Waals surface area contributed by atoms with Crippen LogP contribution in [-0.4, -0.2) is 48.1 Å². The van der Waals surface area contributed by atoms with Crippen LogP contribution in [0.2, 0.25) is 0 Å². The highest BCUT2D eigenvalue weighted by atomic mass is 19.1. The van der Waals surface area contributed by atoms with E-state index in [1.807, 2.05) is 12.3 Å². The van der Waals surface area contributed by atoms with Crippen LogP contribution in [0.1, 0.15) is 18.4 Å². The van der Waals surface area contributed by atoms with Crippen molar-refractivity contribution in [2.24, 2.45) is 0 Å². The summed E-state index contributed by atoms with van der Waals surface area (Å²) in [5.41, 5.74) is 5.35. The van der Waals surface area contributed by atoms with Crippen molar-refractivity contribution in [2.45, 2.75) is 19.4 Å². The zero-order chi connectivity index (χ0) is 25.6. The van der Waals surface area contributed by atoms with E-state index in [1.54, 1.807) is 42.7 Å². The van der Waals surface area contributed by atoms with Gasteiger partial charge in [0.2, 0.25) is 0 Å². The Bertz CT molecular complexity index is 1800. The van der Waals surface area contributed by atoms with Gasteiger partial charge in [0.25, 0.3) is 0 Å². The summed E-state index contributed by atoms with van der Waals surface area (Å²) in [6.07, 6.45) is 7.56. The number of nitrogens with zero attached hydrogens (tertiary/aromatic N) is 5. The number of imidazole rings is 1. The number of aromatic nitrogens is 6. The highest BCUT2D eigenvalue weighted by molar-refractivity contribution is 5.97. The lowest BCUT2D eigenvalue weighted by Gasteiger charge is -2.15. The molecule has 5 heterocycles. The molecule has 0 amide bonds. The molecule has 7 nitrogen and oxygen atoms in total. The molecule has 0 radical (unpaired) electrons. The highest BCUT2D eigenvalue weighted by Gasteiger charge is 2.19. The van der Waals surface area contributed by atoms with Gasteiger partial charge < -0.3 is 4.98 Å². The lowest BCUT2D eigenvalue weighted by atomic mass is 10.0. The highest BCUT2D eigenvalue weighted by Crippen LogP contribution is 2.34.